The van der Waals surface area contributed by atoms with Crippen LogP contribution in [-0.2, 0) is 6.18 Å². The van der Waals surface area contributed by atoms with Crippen molar-refractivity contribution >= 4 is 22.5 Å². The van der Waals surface area contributed by atoms with Gasteiger partial charge in [-0.15, -0.1) is 0 Å². The Morgan fingerprint density at radius 3 is 2.13 bits per heavy atom. The maximum absolute atomic E-state index is 12.5. The molecule has 2 aromatic carbocycles. The van der Waals surface area contributed by atoms with E-state index in [1.165, 1.54) is 0 Å². The standard InChI is InChI=1S/C17H10F3NO2/c18-17(19,20)12-7-5-10(6-8-12)15(22)16(23)14-9-11-3-1-2-4-13(11)21-14/h1-9,21H. The maximum atomic E-state index is 12.5. The third-order valence-corrected chi connectivity index (χ3v) is 3.46. The number of H-pyrrole nitrogens is 1. The van der Waals surface area contributed by atoms with E-state index in [1.54, 1.807) is 30.3 Å². The Hall–Kier alpha value is -2.89. The van der Waals surface area contributed by atoms with Crippen LogP contribution in [0.4, 0.5) is 13.2 Å². The van der Waals surface area contributed by atoms with Gasteiger partial charge in [0, 0.05) is 16.5 Å². The van der Waals surface area contributed by atoms with Crippen molar-refractivity contribution < 1.29 is 22.8 Å². The molecule has 3 aromatic rings. The quantitative estimate of drug-likeness (QED) is 0.580. The van der Waals surface area contributed by atoms with E-state index in [2.05, 4.69) is 4.98 Å². The molecule has 0 saturated carbocycles. The highest BCUT2D eigenvalue weighted by Gasteiger charge is 2.30. The zero-order valence-corrected chi connectivity index (χ0v) is 11.6. The van der Waals surface area contributed by atoms with Crippen LogP contribution in [0.3, 0.4) is 0 Å². The summed E-state index contributed by atoms with van der Waals surface area (Å²) in [5.41, 5.74) is -0.138. The number of carbonyl (C=O) groups excluding carboxylic acids is 2. The van der Waals surface area contributed by atoms with Crippen molar-refractivity contribution in [2.75, 3.05) is 0 Å². The first-order valence-corrected chi connectivity index (χ1v) is 6.70. The summed E-state index contributed by atoms with van der Waals surface area (Å²) in [4.78, 5) is 27.2. The Morgan fingerprint density at radius 2 is 1.52 bits per heavy atom. The number of rotatable bonds is 3. The van der Waals surface area contributed by atoms with Gasteiger partial charge in [-0.1, -0.05) is 30.3 Å². The van der Waals surface area contributed by atoms with Gasteiger partial charge in [0.25, 0.3) is 0 Å². The minimum Gasteiger partial charge on any atom is -0.352 e. The second-order valence-electron chi connectivity index (χ2n) is 5.00. The fraction of sp³-hybridized carbons (Fsp3) is 0.0588. The highest BCUT2D eigenvalue weighted by atomic mass is 19.4. The summed E-state index contributed by atoms with van der Waals surface area (Å²) in [5, 5.41) is 0.774. The summed E-state index contributed by atoms with van der Waals surface area (Å²) in [6, 6.07) is 12.2. The first kappa shape index (κ1) is 15.0. The summed E-state index contributed by atoms with van der Waals surface area (Å²) in [7, 11) is 0. The van der Waals surface area contributed by atoms with Crippen molar-refractivity contribution in [1.29, 1.82) is 0 Å². The summed E-state index contributed by atoms with van der Waals surface area (Å²) in [6.07, 6.45) is -4.48. The number of carbonyl (C=O) groups is 2. The number of alkyl halides is 3. The number of hydrogen-bond acceptors (Lipinski definition) is 2. The normalized spacial score (nSPS) is 11.6. The van der Waals surface area contributed by atoms with E-state index in [1.807, 2.05) is 0 Å². The van der Waals surface area contributed by atoms with Crippen LogP contribution < -0.4 is 0 Å². The Morgan fingerprint density at radius 1 is 0.870 bits per heavy atom. The van der Waals surface area contributed by atoms with Crippen LogP contribution in [0.2, 0.25) is 0 Å². The molecule has 0 aliphatic carbocycles. The van der Waals surface area contributed by atoms with Gasteiger partial charge in [0.2, 0.25) is 11.6 Å². The molecular formula is C17H10F3NO2. The minimum atomic E-state index is -4.48. The molecule has 0 radical (unpaired) electrons. The molecule has 6 heteroatoms. The Kier molecular flexibility index (Phi) is 3.52. The zero-order valence-electron chi connectivity index (χ0n) is 11.6. The molecule has 1 N–H and O–H groups in total. The molecule has 0 bridgehead atoms. The van der Waals surface area contributed by atoms with Crippen molar-refractivity contribution in [2.24, 2.45) is 0 Å². The lowest BCUT2D eigenvalue weighted by Crippen LogP contribution is -2.15. The molecule has 0 atom stereocenters. The second-order valence-corrected chi connectivity index (χ2v) is 5.00. The smallest absolute Gasteiger partial charge is 0.352 e. The number of fused-ring (bicyclic) bond motifs is 1. The van der Waals surface area contributed by atoms with Crippen LogP contribution in [0.25, 0.3) is 10.9 Å². The largest absolute Gasteiger partial charge is 0.416 e. The molecule has 3 rings (SSSR count). The van der Waals surface area contributed by atoms with E-state index >= 15 is 0 Å². The summed E-state index contributed by atoms with van der Waals surface area (Å²) in [5.74, 6) is -1.65. The molecule has 0 aliphatic heterocycles. The van der Waals surface area contributed by atoms with Crippen LogP contribution >= 0.6 is 0 Å². The van der Waals surface area contributed by atoms with Crippen molar-refractivity contribution in [3.05, 3.63) is 71.4 Å². The average molecular weight is 317 g/mol. The highest BCUT2D eigenvalue weighted by molar-refractivity contribution is 6.49. The van der Waals surface area contributed by atoms with Crippen LogP contribution in [-0.4, -0.2) is 16.6 Å². The molecule has 0 amide bonds. The number of ketones is 2. The number of aromatic amines is 1. The number of hydrogen-bond donors (Lipinski definition) is 1. The van der Waals surface area contributed by atoms with Gasteiger partial charge >= 0.3 is 6.18 Å². The highest BCUT2D eigenvalue weighted by Crippen LogP contribution is 2.29. The molecule has 0 saturated heterocycles. The SMILES string of the molecule is O=C(C(=O)c1cc2ccccc2[nH]1)c1ccc(C(F)(F)F)cc1. The van der Waals surface area contributed by atoms with Gasteiger partial charge in [0.1, 0.15) is 0 Å². The maximum Gasteiger partial charge on any atom is 0.416 e. The number of aromatic nitrogens is 1. The molecule has 3 nitrogen and oxygen atoms in total. The van der Waals surface area contributed by atoms with E-state index in [9.17, 15) is 22.8 Å². The molecule has 116 valence electrons. The van der Waals surface area contributed by atoms with Gasteiger partial charge in [0.15, 0.2) is 0 Å². The van der Waals surface area contributed by atoms with Crippen LogP contribution in [0.1, 0.15) is 26.4 Å². The van der Waals surface area contributed by atoms with Crippen molar-refractivity contribution in [3.8, 4) is 0 Å². The van der Waals surface area contributed by atoms with E-state index in [0.717, 1.165) is 29.7 Å². The van der Waals surface area contributed by atoms with Gasteiger partial charge in [-0.2, -0.15) is 13.2 Å². The summed E-state index contributed by atoms with van der Waals surface area (Å²) < 4.78 is 37.5. The lowest BCUT2D eigenvalue weighted by atomic mass is 10.0. The summed E-state index contributed by atoms with van der Waals surface area (Å²) in [6.45, 7) is 0. The van der Waals surface area contributed by atoms with Crippen molar-refractivity contribution in [2.45, 2.75) is 6.18 Å². The third kappa shape index (κ3) is 2.88. The van der Waals surface area contributed by atoms with E-state index in [0.29, 0.717) is 5.52 Å². The first-order valence-electron chi connectivity index (χ1n) is 6.70. The van der Waals surface area contributed by atoms with Gasteiger partial charge in [0.05, 0.1) is 11.3 Å². The van der Waals surface area contributed by atoms with Gasteiger partial charge < -0.3 is 4.98 Å². The van der Waals surface area contributed by atoms with Gasteiger partial charge in [-0.25, -0.2) is 0 Å². The van der Waals surface area contributed by atoms with E-state index < -0.39 is 23.3 Å². The third-order valence-electron chi connectivity index (χ3n) is 3.46. The number of halogens is 3. The zero-order chi connectivity index (χ0) is 16.6. The number of para-hydroxylation sites is 1. The number of nitrogens with one attached hydrogen (secondary N) is 1. The summed E-state index contributed by atoms with van der Waals surface area (Å²) >= 11 is 0. The predicted octanol–water partition coefficient (Wildman–Crippen LogP) is 4.25. The fourth-order valence-electron chi connectivity index (χ4n) is 2.26. The van der Waals surface area contributed by atoms with Gasteiger partial charge in [-0.3, -0.25) is 9.59 Å². The molecule has 1 aromatic heterocycles. The first-order chi connectivity index (χ1) is 10.9. The predicted molar refractivity (Wildman–Crippen MR) is 78.4 cm³/mol. The monoisotopic (exact) mass is 317 g/mol. The number of Topliss-reactive ketones (excluding diaryl/α,β-unsaturated/α-hetero) is 2. The Labute approximate surface area is 128 Å². The van der Waals surface area contributed by atoms with Crippen LogP contribution in [0, 0.1) is 0 Å². The van der Waals surface area contributed by atoms with Crippen molar-refractivity contribution in [1.82, 2.24) is 4.98 Å². The lowest BCUT2D eigenvalue weighted by molar-refractivity contribution is -0.137. The van der Waals surface area contributed by atoms with Crippen LogP contribution in [0.15, 0.2) is 54.6 Å². The topological polar surface area (TPSA) is 49.9 Å². The Bertz CT molecular complexity index is 859. The van der Waals surface area contributed by atoms with Crippen LogP contribution in [0.5, 0.6) is 0 Å². The minimum absolute atomic E-state index is 0.0818. The molecule has 0 fully saturated rings. The Balaban J connectivity index is 1.88. The average Bonchev–Trinajstić information content (AvgIpc) is 2.96. The molecule has 1 heterocycles. The van der Waals surface area contributed by atoms with E-state index in [4.69, 9.17) is 0 Å². The second kappa shape index (κ2) is 5.39. The van der Waals surface area contributed by atoms with E-state index in [-0.39, 0.29) is 11.3 Å². The fourth-order valence-corrected chi connectivity index (χ4v) is 2.26. The molecule has 0 spiro atoms. The van der Waals surface area contributed by atoms with Gasteiger partial charge in [-0.05, 0) is 24.3 Å². The molecule has 0 aliphatic rings. The molecular weight excluding hydrogens is 307 g/mol. The molecule has 0 unspecified atom stereocenters. The van der Waals surface area contributed by atoms with Crippen molar-refractivity contribution in [3.63, 3.8) is 0 Å². The number of benzene rings is 2. The molecule has 23 heavy (non-hydrogen) atoms. The lowest BCUT2D eigenvalue weighted by Gasteiger charge is -2.06.